The maximum Gasteiger partial charge on any atom is 0.113 e. The summed E-state index contributed by atoms with van der Waals surface area (Å²) in [6.45, 7) is 1.22. The molecule has 4 nitrogen and oxygen atoms in total. The van der Waals surface area contributed by atoms with Gasteiger partial charge in [-0.05, 0) is 28.1 Å². The average Bonchev–Trinajstić information content (AvgIpc) is 2.71. The van der Waals surface area contributed by atoms with E-state index in [1.54, 1.807) is 4.68 Å². The number of hydrogen-bond acceptors (Lipinski definition) is 3. The van der Waals surface area contributed by atoms with Crippen molar-refractivity contribution >= 4 is 27.5 Å². The van der Waals surface area contributed by atoms with Gasteiger partial charge in [-0.3, -0.25) is 4.68 Å². The standard InChI is InChI=1S/C10H10BrClN4/c11-8-5-7(1-2-9(8)12)10-6-16(4-3-13)15-14-10/h1-2,5-6H,3-4,13H2. The predicted molar refractivity (Wildman–Crippen MR) is 67.2 cm³/mol. The Morgan fingerprint density at radius 1 is 1.44 bits per heavy atom. The Kier molecular flexibility index (Phi) is 3.58. The van der Waals surface area contributed by atoms with Crippen LogP contribution in [0.2, 0.25) is 5.02 Å². The minimum atomic E-state index is 0.549. The van der Waals surface area contributed by atoms with Gasteiger partial charge in [0.1, 0.15) is 5.69 Å². The zero-order chi connectivity index (χ0) is 11.5. The average molecular weight is 302 g/mol. The van der Waals surface area contributed by atoms with Gasteiger partial charge in [-0.1, -0.05) is 22.9 Å². The van der Waals surface area contributed by atoms with Crippen LogP contribution in [0.25, 0.3) is 11.3 Å². The SMILES string of the molecule is NCCn1cc(-c2ccc(Cl)c(Br)c2)nn1. The highest BCUT2D eigenvalue weighted by molar-refractivity contribution is 9.10. The summed E-state index contributed by atoms with van der Waals surface area (Å²) < 4.78 is 2.57. The molecule has 0 unspecified atom stereocenters. The largest absolute Gasteiger partial charge is 0.329 e. The summed E-state index contributed by atoms with van der Waals surface area (Å²) in [5, 5.41) is 8.72. The smallest absolute Gasteiger partial charge is 0.113 e. The molecule has 0 aliphatic heterocycles. The third kappa shape index (κ3) is 2.42. The molecule has 0 aliphatic rings. The van der Waals surface area contributed by atoms with E-state index in [0.717, 1.165) is 15.7 Å². The van der Waals surface area contributed by atoms with Gasteiger partial charge in [0.15, 0.2) is 0 Å². The molecule has 0 aliphatic carbocycles. The molecule has 0 atom stereocenters. The summed E-state index contributed by atoms with van der Waals surface area (Å²) in [7, 11) is 0. The van der Waals surface area contributed by atoms with Crippen molar-refractivity contribution in [3.05, 3.63) is 33.9 Å². The second kappa shape index (κ2) is 4.95. The van der Waals surface area contributed by atoms with Crippen LogP contribution in [-0.2, 0) is 6.54 Å². The van der Waals surface area contributed by atoms with Gasteiger partial charge in [-0.15, -0.1) is 5.10 Å². The van der Waals surface area contributed by atoms with Gasteiger partial charge in [0.05, 0.1) is 17.8 Å². The van der Waals surface area contributed by atoms with Crippen molar-refractivity contribution in [2.45, 2.75) is 6.54 Å². The highest BCUT2D eigenvalue weighted by Crippen LogP contribution is 2.27. The number of rotatable bonds is 3. The highest BCUT2D eigenvalue weighted by atomic mass is 79.9. The molecule has 2 rings (SSSR count). The van der Waals surface area contributed by atoms with E-state index >= 15 is 0 Å². The van der Waals surface area contributed by atoms with E-state index in [9.17, 15) is 0 Å². The minimum Gasteiger partial charge on any atom is -0.329 e. The Balaban J connectivity index is 2.31. The Labute approximate surface area is 107 Å². The van der Waals surface area contributed by atoms with Gasteiger partial charge in [0.25, 0.3) is 0 Å². The summed E-state index contributed by atoms with van der Waals surface area (Å²) in [5.41, 5.74) is 7.22. The van der Waals surface area contributed by atoms with Crippen LogP contribution in [-0.4, -0.2) is 21.5 Å². The Morgan fingerprint density at radius 2 is 2.25 bits per heavy atom. The molecular formula is C10H10BrClN4. The summed E-state index contributed by atoms with van der Waals surface area (Å²) in [6.07, 6.45) is 1.86. The third-order valence-electron chi connectivity index (χ3n) is 2.11. The van der Waals surface area contributed by atoms with Crippen molar-refractivity contribution in [2.24, 2.45) is 5.73 Å². The monoisotopic (exact) mass is 300 g/mol. The molecule has 0 saturated carbocycles. The topological polar surface area (TPSA) is 56.7 Å². The van der Waals surface area contributed by atoms with E-state index in [2.05, 4.69) is 26.2 Å². The normalized spacial score (nSPS) is 10.7. The Bertz CT molecular complexity index is 497. The van der Waals surface area contributed by atoms with Crippen molar-refractivity contribution < 1.29 is 0 Å². The quantitative estimate of drug-likeness (QED) is 0.946. The second-order valence-corrected chi connectivity index (χ2v) is 4.55. The zero-order valence-corrected chi connectivity index (χ0v) is 10.7. The van der Waals surface area contributed by atoms with Crippen molar-refractivity contribution in [2.75, 3.05) is 6.54 Å². The van der Waals surface area contributed by atoms with E-state index in [1.165, 1.54) is 0 Å². The summed E-state index contributed by atoms with van der Waals surface area (Å²) in [4.78, 5) is 0. The zero-order valence-electron chi connectivity index (χ0n) is 8.40. The van der Waals surface area contributed by atoms with Crippen molar-refractivity contribution in [1.29, 1.82) is 0 Å². The van der Waals surface area contributed by atoms with Gasteiger partial charge in [-0.25, -0.2) is 0 Å². The number of nitrogens with zero attached hydrogens (tertiary/aromatic N) is 3. The molecule has 0 radical (unpaired) electrons. The van der Waals surface area contributed by atoms with Gasteiger partial charge >= 0.3 is 0 Å². The van der Waals surface area contributed by atoms with Crippen molar-refractivity contribution in [3.63, 3.8) is 0 Å². The van der Waals surface area contributed by atoms with E-state index in [0.29, 0.717) is 18.1 Å². The Hall–Kier alpha value is -0.910. The molecule has 2 N–H and O–H groups in total. The summed E-state index contributed by atoms with van der Waals surface area (Å²) in [6, 6.07) is 5.64. The summed E-state index contributed by atoms with van der Waals surface area (Å²) in [5.74, 6) is 0. The second-order valence-electron chi connectivity index (χ2n) is 3.28. The van der Waals surface area contributed by atoms with Crippen molar-refractivity contribution in [3.8, 4) is 11.3 Å². The molecule has 16 heavy (non-hydrogen) atoms. The lowest BCUT2D eigenvalue weighted by atomic mass is 10.2. The highest BCUT2D eigenvalue weighted by Gasteiger charge is 2.05. The van der Waals surface area contributed by atoms with Crippen LogP contribution < -0.4 is 5.73 Å². The third-order valence-corrected chi connectivity index (χ3v) is 3.33. The lowest BCUT2D eigenvalue weighted by Gasteiger charge is -1.99. The van der Waals surface area contributed by atoms with Crippen LogP contribution in [0, 0.1) is 0 Å². The van der Waals surface area contributed by atoms with Crippen LogP contribution in [0.4, 0.5) is 0 Å². The molecule has 0 fully saturated rings. The first-order valence-electron chi connectivity index (χ1n) is 4.76. The molecule has 1 heterocycles. The molecule has 0 saturated heterocycles. The molecule has 1 aromatic heterocycles. The predicted octanol–water partition coefficient (Wildman–Crippen LogP) is 2.32. The number of aromatic nitrogens is 3. The molecule has 6 heteroatoms. The molecule has 2 aromatic rings. The first-order chi connectivity index (χ1) is 7.70. The number of nitrogens with two attached hydrogens (primary N) is 1. The fraction of sp³-hybridized carbons (Fsp3) is 0.200. The maximum atomic E-state index is 5.92. The lowest BCUT2D eigenvalue weighted by Crippen LogP contribution is -2.10. The fourth-order valence-corrected chi connectivity index (χ4v) is 1.82. The van der Waals surface area contributed by atoms with E-state index in [-0.39, 0.29) is 0 Å². The van der Waals surface area contributed by atoms with E-state index < -0.39 is 0 Å². The van der Waals surface area contributed by atoms with Crippen LogP contribution >= 0.6 is 27.5 Å². The lowest BCUT2D eigenvalue weighted by molar-refractivity contribution is 0.598. The van der Waals surface area contributed by atoms with E-state index in [4.69, 9.17) is 17.3 Å². The van der Waals surface area contributed by atoms with Crippen LogP contribution in [0.3, 0.4) is 0 Å². The van der Waals surface area contributed by atoms with Gasteiger partial charge in [0, 0.05) is 16.6 Å². The fourth-order valence-electron chi connectivity index (χ4n) is 1.33. The molecule has 0 amide bonds. The molecular weight excluding hydrogens is 291 g/mol. The number of benzene rings is 1. The minimum absolute atomic E-state index is 0.549. The van der Waals surface area contributed by atoms with Gasteiger partial charge < -0.3 is 5.73 Å². The molecule has 1 aromatic carbocycles. The van der Waals surface area contributed by atoms with Crippen LogP contribution in [0.5, 0.6) is 0 Å². The van der Waals surface area contributed by atoms with Gasteiger partial charge in [-0.2, -0.15) is 0 Å². The van der Waals surface area contributed by atoms with Crippen LogP contribution in [0.1, 0.15) is 0 Å². The molecule has 84 valence electrons. The van der Waals surface area contributed by atoms with Crippen LogP contribution in [0.15, 0.2) is 28.9 Å². The first kappa shape index (κ1) is 11.6. The molecule has 0 bridgehead atoms. The molecule has 0 spiro atoms. The first-order valence-corrected chi connectivity index (χ1v) is 5.93. The maximum absolute atomic E-state index is 5.92. The number of hydrogen-bond donors (Lipinski definition) is 1. The Morgan fingerprint density at radius 3 is 2.94 bits per heavy atom. The van der Waals surface area contributed by atoms with Crippen molar-refractivity contribution in [1.82, 2.24) is 15.0 Å². The number of halogens is 2. The van der Waals surface area contributed by atoms with E-state index in [1.807, 2.05) is 24.4 Å². The van der Waals surface area contributed by atoms with Gasteiger partial charge in [0.2, 0.25) is 0 Å². The summed E-state index contributed by atoms with van der Waals surface area (Å²) >= 11 is 9.29.